The monoisotopic (exact) mass is 564 g/mol. The molecule has 0 aliphatic rings. The Balaban J connectivity index is 1.42. The Morgan fingerprint density at radius 3 is 2.65 bits per heavy atom. The molecule has 0 atom stereocenters. The molecule has 0 saturated carbocycles. The molecule has 2 heterocycles. The molecule has 2 N–H and O–H groups in total. The van der Waals surface area contributed by atoms with Crippen LogP contribution in [0, 0.1) is 18.6 Å². The van der Waals surface area contributed by atoms with Crippen molar-refractivity contribution in [3.63, 3.8) is 0 Å². The zero-order valence-electron chi connectivity index (χ0n) is 22.2. The van der Waals surface area contributed by atoms with E-state index >= 15 is 0 Å². The van der Waals surface area contributed by atoms with E-state index in [1.54, 1.807) is 29.7 Å². The topological polar surface area (TPSA) is 97.2 Å². The molecule has 11 heteroatoms. The van der Waals surface area contributed by atoms with Gasteiger partial charge in [0, 0.05) is 0 Å². The lowest BCUT2D eigenvalue weighted by Gasteiger charge is -2.12. The predicted octanol–water partition coefficient (Wildman–Crippen LogP) is 5.27. The fraction of sp³-hybridized carbons (Fsp3) is 0.207. The lowest BCUT2D eigenvalue weighted by molar-refractivity contribution is 0.0853. The summed E-state index contributed by atoms with van der Waals surface area (Å²) in [5.74, 6) is -1.10. The number of ether oxygens (including phenoxy) is 2. The zero-order valence-corrected chi connectivity index (χ0v) is 23.0. The fourth-order valence-electron chi connectivity index (χ4n) is 4.23. The van der Waals surface area contributed by atoms with Crippen molar-refractivity contribution in [1.29, 1.82) is 0 Å². The number of hydrogen-bond acceptors (Lipinski definition) is 6. The Labute approximate surface area is 232 Å². The molecule has 8 nitrogen and oxygen atoms in total. The first-order valence-corrected chi connectivity index (χ1v) is 14.6. The number of halogens is 2. The number of rotatable bonds is 10. The molecule has 0 aliphatic carbocycles. The van der Waals surface area contributed by atoms with Crippen LogP contribution in [0.5, 0.6) is 11.5 Å². The van der Waals surface area contributed by atoms with Crippen LogP contribution in [0.4, 0.5) is 14.6 Å². The van der Waals surface area contributed by atoms with Crippen LogP contribution in [0.3, 0.4) is 0 Å². The first-order chi connectivity index (χ1) is 19.2. The van der Waals surface area contributed by atoms with Crippen LogP contribution in [0.25, 0.3) is 16.7 Å². The Morgan fingerprint density at radius 2 is 1.88 bits per heavy atom. The molecule has 0 unspecified atom stereocenters. The summed E-state index contributed by atoms with van der Waals surface area (Å²) in [4.78, 5) is 18.3. The Bertz CT molecular complexity index is 1700. The quantitative estimate of drug-likeness (QED) is 0.141. The Morgan fingerprint density at radius 1 is 1.07 bits per heavy atom. The molecule has 40 heavy (non-hydrogen) atoms. The molecule has 5 aromatic rings. The number of hydrogen-bond donors (Lipinski definition) is 1. The third kappa shape index (κ3) is 5.43. The molecule has 0 aliphatic heterocycles. The number of ketones is 1. The summed E-state index contributed by atoms with van der Waals surface area (Å²) in [6.45, 7) is 2.54. The molecule has 0 bridgehead atoms. The summed E-state index contributed by atoms with van der Waals surface area (Å²) in [6.07, 6.45) is 5.71. The van der Waals surface area contributed by atoms with Gasteiger partial charge in [-0.15, -0.1) is 0 Å². The molecule has 0 amide bonds. The maximum atomic E-state index is 14.0. The number of carbonyl (C=O) groups is 1. The van der Waals surface area contributed by atoms with Crippen molar-refractivity contribution in [1.82, 2.24) is 19.3 Å². The van der Waals surface area contributed by atoms with Gasteiger partial charge >= 0.3 is 0 Å². The normalized spacial score (nSPS) is 11.4. The minimum absolute atomic E-state index is 0.137. The summed E-state index contributed by atoms with van der Waals surface area (Å²) in [6, 6.07) is 16.1. The molecular weight excluding hydrogens is 536 g/mol. The first kappa shape index (κ1) is 27.4. The van der Waals surface area contributed by atoms with Crippen LogP contribution in [0.1, 0.15) is 21.7 Å². The smallest absolute Gasteiger partial charge is 0.233 e. The molecule has 0 spiro atoms. The van der Waals surface area contributed by atoms with Crippen LogP contribution >= 0.6 is 0 Å². The van der Waals surface area contributed by atoms with E-state index in [4.69, 9.17) is 15.2 Å². The maximum absolute atomic E-state index is 14.0. The SMILES string of the molecule is Cc1cc(Oc2cccc(F)c2F)ccc1-n1ncc(C(=O)c2nc3ccccc3n2COCC[S+](C)C)c1N. The van der Waals surface area contributed by atoms with E-state index in [1.807, 2.05) is 24.3 Å². The van der Waals surface area contributed by atoms with Crippen LogP contribution in [0.2, 0.25) is 0 Å². The Kier molecular flexibility index (Phi) is 7.85. The Hall–Kier alpha value is -4.22. The first-order valence-electron chi connectivity index (χ1n) is 12.4. The van der Waals surface area contributed by atoms with Gasteiger partial charge < -0.3 is 15.2 Å². The minimum atomic E-state index is -1.07. The van der Waals surface area contributed by atoms with Crippen molar-refractivity contribution in [2.45, 2.75) is 13.7 Å². The summed E-state index contributed by atoms with van der Waals surface area (Å²) >= 11 is 0. The van der Waals surface area contributed by atoms with E-state index in [1.165, 1.54) is 23.0 Å². The van der Waals surface area contributed by atoms with Crippen molar-refractivity contribution >= 4 is 33.5 Å². The summed E-state index contributed by atoms with van der Waals surface area (Å²) in [5.41, 5.74) is 9.36. The number of anilines is 1. The van der Waals surface area contributed by atoms with Crippen molar-refractivity contribution in [3.05, 3.63) is 95.4 Å². The van der Waals surface area contributed by atoms with Crippen LogP contribution in [-0.4, -0.2) is 50.0 Å². The number of aryl methyl sites for hydroxylation is 1. The number of nitrogens with zero attached hydrogens (tertiary/aromatic N) is 4. The lowest BCUT2D eigenvalue weighted by atomic mass is 10.1. The number of nitrogen functional groups attached to an aromatic ring is 1. The zero-order chi connectivity index (χ0) is 28.4. The van der Waals surface area contributed by atoms with Crippen LogP contribution in [-0.2, 0) is 22.4 Å². The molecule has 0 radical (unpaired) electrons. The third-order valence-corrected chi connectivity index (χ3v) is 7.29. The average Bonchev–Trinajstić information content (AvgIpc) is 3.49. The van der Waals surface area contributed by atoms with Gasteiger partial charge in [-0.25, -0.2) is 14.1 Å². The number of carbonyl (C=O) groups excluding carboxylic acids is 1. The van der Waals surface area contributed by atoms with Gasteiger partial charge in [0.05, 0.1) is 47.6 Å². The molecule has 0 fully saturated rings. The highest BCUT2D eigenvalue weighted by Gasteiger charge is 2.24. The van der Waals surface area contributed by atoms with Gasteiger partial charge in [-0.3, -0.25) is 9.36 Å². The average molecular weight is 565 g/mol. The van der Waals surface area contributed by atoms with Crippen molar-refractivity contribution in [3.8, 4) is 17.2 Å². The summed E-state index contributed by atoms with van der Waals surface area (Å²) in [7, 11) is 0.246. The third-order valence-electron chi connectivity index (χ3n) is 6.31. The second kappa shape index (κ2) is 11.5. The standard InChI is InChI=1S/C29H27F2N5O3S/c1-18-15-19(39-25-10-6-7-21(30)26(25)31)11-12-23(18)36-28(32)20(16-33-36)27(37)29-34-22-8-4-5-9-24(22)35(29)17-38-13-14-40(2)3/h4-12,15-16H,13-14,17H2,1-3H3,(H-,32,33,37)/p+1. The minimum Gasteiger partial charge on any atom is -0.454 e. The molecule has 2 aromatic heterocycles. The number of aromatic nitrogens is 4. The molecule has 206 valence electrons. The van der Waals surface area contributed by atoms with E-state index in [2.05, 4.69) is 22.6 Å². The largest absolute Gasteiger partial charge is 0.454 e. The van der Waals surface area contributed by atoms with Gasteiger partial charge in [0.25, 0.3) is 0 Å². The summed E-state index contributed by atoms with van der Waals surface area (Å²) in [5, 5.41) is 4.36. The van der Waals surface area contributed by atoms with Gasteiger partial charge in [0.15, 0.2) is 17.4 Å². The second-order valence-electron chi connectivity index (χ2n) is 9.37. The lowest BCUT2D eigenvalue weighted by Crippen LogP contribution is -2.17. The molecule has 0 saturated heterocycles. The molecule has 5 rings (SSSR count). The number of nitrogens with two attached hydrogens (primary N) is 1. The summed E-state index contributed by atoms with van der Waals surface area (Å²) < 4.78 is 42.2. The fourth-order valence-corrected chi connectivity index (χ4v) is 4.68. The van der Waals surface area contributed by atoms with Gasteiger partial charge in [-0.1, -0.05) is 18.2 Å². The molecule has 3 aromatic carbocycles. The van der Waals surface area contributed by atoms with Crippen LogP contribution < -0.4 is 10.5 Å². The highest BCUT2D eigenvalue weighted by molar-refractivity contribution is 7.95. The number of fused-ring (bicyclic) bond motifs is 1. The van der Waals surface area contributed by atoms with Gasteiger partial charge in [0.1, 0.15) is 24.1 Å². The van der Waals surface area contributed by atoms with Crippen molar-refractivity contribution in [2.24, 2.45) is 0 Å². The van der Waals surface area contributed by atoms with Crippen LogP contribution in [0.15, 0.2) is 66.9 Å². The van der Waals surface area contributed by atoms with E-state index < -0.39 is 11.6 Å². The highest BCUT2D eigenvalue weighted by atomic mass is 32.2. The number of para-hydroxylation sites is 2. The predicted molar refractivity (Wildman–Crippen MR) is 152 cm³/mol. The van der Waals surface area contributed by atoms with E-state index in [0.29, 0.717) is 29.1 Å². The number of imidazole rings is 1. The van der Waals surface area contributed by atoms with Gasteiger partial charge in [-0.2, -0.15) is 9.49 Å². The highest BCUT2D eigenvalue weighted by Crippen LogP contribution is 2.30. The van der Waals surface area contributed by atoms with Crippen molar-refractivity contribution < 1.29 is 23.0 Å². The van der Waals surface area contributed by atoms with Gasteiger partial charge in [0.2, 0.25) is 11.6 Å². The van der Waals surface area contributed by atoms with E-state index in [9.17, 15) is 13.6 Å². The van der Waals surface area contributed by atoms with Gasteiger partial charge in [-0.05, 0) is 65.8 Å². The number of benzene rings is 3. The molecular formula is C29H28F2N5O3S+. The van der Waals surface area contributed by atoms with Crippen molar-refractivity contribution in [2.75, 3.05) is 30.6 Å². The second-order valence-corrected chi connectivity index (χ2v) is 11.7. The van der Waals surface area contributed by atoms with E-state index in [-0.39, 0.29) is 46.4 Å². The maximum Gasteiger partial charge on any atom is 0.233 e. The van der Waals surface area contributed by atoms with E-state index in [0.717, 1.165) is 17.3 Å².